The average Bonchev–Trinajstić information content (AvgIpc) is 2.17. The Kier molecular flexibility index (Phi) is 8.01. The summed E-state index contributed by atoms with van der Waals surface area (Å²) < 4.78 is 0. The monoisotopic (exact) mass is 247 g/mol. The number of carbonyl (C=O) groups excluding carboxylic acids is 2. The molecule has 5 nitrogen and oxygen atoms in total. The highest BCUT2D eigenvalue weighted by atomic mass is 32.2. The van der Waals surface area contributed by atoms with Crippen LogP contribution in [0.5, 0.6) is 0 Å². The molecular weight excluding hydrogens is 226 g/mol. The summed E-state index contributed by atoms with van der Waals surface area (Å²) in [6, 6.07) is -0.293. The van der Waals surface area contributed by atoms with Gasteiger partial charge in [-0.25, -0.2) is 4.79 Å². The van der Waals surface area contributed by atoms with E-state index in [0.717, 1.165) is 12.2 Å². The minimum Gasteiger partial charge on any atom is -0.338 e. The second kappa shape index (κ2) is 8.41. The summed E-state index contributed by atoms with van der Waals surface area (Å²) in [5.41, 5.74) is 5.60. The molecule has 0 bridgehead atoms. The molecule has 0 aliphatic carbocycles. The van der Waals surface area contributed by atoms with Crippen molar-refractivity contribution in [1.82, 2.24) is 10.6 Å². The maximum Gasteiger partial charge on any atom is 0.321 e. The predicted molar refractivity (Wildman–Crippen MR) is 67.4 cm³/mol. The van der Waals surface area contributed by atoms with Crippen molar-refractivity contribution >= 4 is 23.7 Å². The largest absolute Gasteiger partial charge is 0.338 e. The molecule has 0 aromatic rings. The SMILES string of the molecule is CCNC(=O)NC(=O)C(C)SCCC(C)N. The van der Waals surface area contributed by atoms with Crippen LogP contribution in [-0.2, 0) is 4.79 Å². The Labute approximate surface area is 101 Å². The van der Waals surface area contributed by atoms with Gasteiger partial charge in [-0.3, -0.25) is 10.1 Å². The molecule has 0 rings (SSSR count). The topological polar surface area (TPSA) is 84.2 Å². The van der Waals surface area contributed by atoms with Crippen LogP contribution < -0.4 is 16.4 Å². The summed E-state index contributed by atoms with van der Waals surface area (Å²) in [5.74, 6) is 0.558. The molecule has 0 aliphatic rings. The molecule has 0 spiro atoms. The quantitative estimate of drug-likeness (QED) is 0.645. The first-order valence-electron chi connectivity index (χ1n) is 5.43. The minimum absolute atomic E-state index is 0.145. The van der Waals surface area contributed by atoms with Crippen LogP contribution in [0.3, 0.4) is 0 Å². The van der Waals surface area contributed by atoms with Gasteiger partial charge in [0.05, 0.1) is 5.25 Å². The van der Waals surface area contributed by atoms with E-state index in [1.165, 1.54) is 11.8 Å². The molecule has 0 saturated carbocycles. The molecule has 0 fully saturated rings. The summed E-state index contributed by atoms with van der Waals surface area (Å²) in [7, 11) is 0. The van der Waals surface area contributed by atoms with Crippen molar-refractivity contribution < 1.29 is 9.59 Å². The van der Waals surface area contributed by atoms with Gasteiger partial charge in [0.1, 0.15) is 0 Å². The van der Waals surface area contributed by atoms with Crippen LogP contribution in [0.4, 0.5) is 4.79 Å². The molecule has 94 valence electrons. The van der Waals surface area contributed by atoms with Crippen molar-refractivity contribution in [3.63, 3.8) is 0 Å². The summed E-state index contributed by atoms with van der Waals surface area (Å²) in [5, 5.41) is 4.55. The zero-order valence-corrected chi connectivity index (χ0v) is 10.9. The van der Waals surface area contributed by atoms with Crippen LogP contribution >= 0.6 is 11.8 Å². The van der Waals surface area contributed by atoms with Crippen LogP contribution in [0.1, 0.15) is 27.2 Å². The molecule has 0 aromatic carbocycles. The van der Waals surface area contributed by atoms with Crippen molar-refractivity contribution in [3.05, 3.63) is 0 Å². The van der Waals surface area contributed by atoms with Gasteiger partial charge in [-0.1, -0.05) is 0 Å². The Balaban J connectivity index is 3.77. The number of urea groups is 1. The fraction of sp³-hybridized carbons (Fsp3) is 0.800. The number of carbonyl (C=O) groups is 2. The smallest absolute Gasteiger partial charge is 0.321 e. The molecule has 0 saturated heterocycles. The van der Waals surface area contributed by atoms with Crippen molar-refractivity contribution in [2.45, 2.75) is 38.5 Å². The fourth-order valence-corrected chi connectivity index (χ4v) is 2.00. The van der Waals surface area contributed by atoms with Gasteiger partial charge in [0, 0.05) is 12.6 Å². The van der Waals surface area contributed by atoms with E-state index in [0.29, 0.717) is 6.54 Å². The highest BCUT2D eigenvalue weighted by molar-refractivity contribution is 8.00. The molecule has 16 heavy (non-hydrogen) atoms. The molecule has 0 heterocycles. The van der Waals surface area contributed by atoms with Crippen LogP contribution in [-0.4, -0.2) is 35.5 Å². The third-order valence-corrected chi connectivity index (χ3v) is 3.07. The van der Waals surface area contributed by atoms with Gasteiger partial charge >= 0.3 is 6.03 Å². The van der Waals surface area contributed by atoms with Gasteiger partial charge in [0.2, 0.25) is 5.91 Å². The summed E-state index contributed by atoms with van der Waals surface area (Å²) in [6.07, 6.45) is 0.865. The molecule has 0 aromatic heterocycles. The lowest BCUT2D eigenvalue weighted by atomic mass is 10.3. The number of amides is 3. The van der Waals surface area contributed by atoms with Crippen molar-refractivity contribution in [2.75, 3.05) is 12.3 Å². The highest BCUT2D eigenvalue weighted by Crippen LogP contribution is 2.12. The molecule has 3 amide bonds. The van der Waals surface area contributed by atoms with Crippen LogP contribution in [0.15, 0.2) is 0 Å². The van der Waals surface area contributed by atoms with Gasteiger partial charge in [-0.15, -0.1) is 11.8 Å². The van der Waals surface area contributed by atoms with Crippen molar-refractivity contribution in [3.8, 4) is 0 Å². The molecule has 2 atom stereocenters. The predicted octanol–water partition coefficient (Wildman–Crippen LogP) is 0.691. The van der Waals surface area contributed by atoms with Crippen LogP contribution in [0, 0.1) is 0 Å². The Morgan fingerprint density at radius 1 is 1.38 bits per heavy atom. The maximum atomic E-state index is 11.5. The number of nitrogens with two attached hydrogens (primary N) is 1. The normalized spacial score (nSPS) is 14.0. The minimum atomic E-state index is -0.438. The number of hydrogen-bond acceptors (Lipinski definition) is 4. The second-order valence-electron chi connectivity index (χ2n) is 3.63. The summed E-state index contributed by atoms with van der Waals surface area (Å²) in [6.45, 7) is 6.01. The van der Waals surface area contributed by atoms with E-state index in [2.05, 4.69) is 10.6 Å². The van der Waals surface area contributed by atoms with E-state index in [-0.39, 0.29) is 17.2 Å². The lowest BCUT2D eigenvalue weighted by molar-refractivity contribution is -0.119. The molecule has 2 unspecified atom stereocenters. The van der Waals surface area contributed by atoms with Crippen molar-refractivity contribution in [2.24, 2.45) is 5.73 Å². The van der Waals surface area contributed by atoms with Gasteiger partial charge in [-0.05, 0) is 32.9 Å². The first kappa shape index (κ1) is 15.2. The highest BCUT2D eigenvalue weighted by Gasteiger charge is 2.15. The standard InChI is InChI=1S/C10H21N3O2S/c1-4-12-10(15)13-9(14)8(3)16-6-5-7(2)11/h7-8H,4-6,11H2,1-3H3,(H2,12,13,14,15). The molecule has 6 heteroatoms. The summed E-state index contributed by atoms with van der Waals surface area (Å²) >= 11 is 1.50. The fourth-order valence-electron chi connectivity index (χ4n) is 0.925. The van der Waals surface area contributed by atoms with Gasteiger partial charge in [-0.2, -0.15) is 0 Å². The van der Waals surface area contributed by atoms with E-state index < -0.39 is 6.03 Å². The van der Waals surface area contributed by atoms with E-state index in [4.69, 9.17) is 5.73 Å². The molecule has 4 N–H and O–H groups in total. The maximum absolute atomic E-state index is 11.5. The Bertz CT molecular complexity index is 234. The van der Waals surface area contributed by atoms with E-state index >= 15 is 0 Å². The van der Waals surface area contributed by atoms with E-state index in [1.54, 1.807) is 13.8 Å². The van der Waals surface area contributed by atoms with E-state index in [9.17, 15) is 9.59 Å². The van der Waals surface area contributed by atoms with Crippen LogP contribution in [0.2, 0.25) is 0 Å². The number of thioether (sulfide) groups is 1. The van der Waals surface area contributed by atoms with Gasteiger partial charge in [0.25, 0.3) is 0 Å². The van der Waals surface area contributed by atoms with Gasteiger partial charge < -0.3 is 11.1 Å². The third-order valence-electron chi connectivity index (χ3n) is 1.88. The van der Waals surface area contributed by atoms with E-state index in [1.807, 2.05) is 6.92 Å². The Morgan fingerprint density at radius 2 is 2.00 bits per heavy atom. The number of nitrogens with one attached hydrogen (secondary N) is 2. The first-order valence-corrected chi connectivity index (χ1v) is 6.48. The Morgan fingerprint density at radius 3 is 2.50 bits per heavy atom. The number of rotatable bonds is 6. The zero-order valence-electron chi connectivity index (χ0n) is 10.1. The number of hydrogen-bond donors (Lipinski definition) is 3. The molecular formula is C10H21N3O2S. The summed E-state index contributed by atoms with van der Waals surface area (Å²) in [4.78, 5) is 22.5. The lowest BCUT2D eigenvalue weighted by Crippen LogP contribution is -2.42. The number of imide groups is 1. The molecule has 0 radical (unpaired) electrons. The zero-order chi connectivity index (χ0) is 12.6. The lowest BCUT2D eigenvalue weighted by Gasteiger charge is -2.12. The van der Waals surface area contributed by atoms with Crippen molar-refractivity contribution in [1.29, 1.82) is 0 Å². The average molecular weight is 247 g/mol. The second-order valence-corrected chi connectivity index (χ2v) is 5.08. The first-order chi connectivity index (χ1) is 7.47. The van der Waals surface area contributed by atoms with Crippen LogP contribution in [0.25, 0.3) is 0 Å². The molecule has 0 aliphatic heterocycles. The Hall–Kier alpha value is -0.750. The van der Waals surface area contributed by atoms with Gasteiger partial charge in [0.15, 0.2) is 0 Å². The third kappa shape index (κ3) is 7.53.